The number of phosphoric ester groups is 1. The molecule has 0 fully saturated rings. The van der Waals surface area contributed by atoms with Crippen LogP contribution in [0.2, 0.25) is 0 Å². The highest BCUT2D eigenvalue weighted by atomic mass is 31.2. The Morgan fingerprint density at radius 2 is 0.925 bits per heavy atom. The molecule has 0 aromatic carbocycles. The summed E-state index contributed by atoms with van der Waals surface area (Å²) in [7, 11) is 1.20. The number of rotatable bonds is 48. The average molecular weight is 955 g/mol. The molecule has 9 heteroatoms. The minimum absolute atomic E-state index is 0.0203. The number of allylic oxidation sites excluding steroid dienone is 15. The van der Waals surface area contributed by atoms with Crippen molar-refractivity contribution in [2.45, 2.75) is 225 Å². The van der Waals surface area contributed by atoms with E-state index in [4.69, 9.17) is 9.05 Å². The molecule has 0 aliphatic carbocycles. The van der Waals surface area contributed by atoms with E-state index in [9.17, 15) is 19.4 Å². The van der Waals surface area contributed by atoms with Gasteiger partial charge in [-0.3, -0.25) is 9.36 Å². The van der Waals surface area contributed by atoms with Crippen molar-refractivity contribution in [3.8, 4) is 0 Å². The molecule has 2 N–H and O–H groups in total. The van der Waals surface area contributed by atoms with Gasteiger partial charge in [-0.2, -0.15) is 0 Å². The van der Waals surface area contributed by atoms with Gasteiger partial charge in [0.15, 0.2) is 0 Å². The Balaban J connectivity index is 4.42. The van der Waals surface area contributed by atoms with Gasteiger partial charge < -0.3 is 28.8 Å². The Labute approximate surface area is 413 Å². The van der Waals surface area contributed by atoms with Gasteiger partial charge in [-0.05, 0) is 83.5 Å². The molecule has 0 radical (unpaired) electrons. The van der Waals surface area contributed by atoms with Crippen molar-refractivity contribution in [2.75, 3.05) is 40.9 Å². The van der Waals surface area contributed by atoms with E-state index in [1.807, 2.05) is 27.2 Å². The molecule has 0 saturated heterocycles. The van der Waals surface area contributed by atoms with Gasteiger partial charge >= 0.3 is 0 Å². The maximum absolute atomic E-state index is 12.9. The largest absolute Gasteiger partial charge is 0.756 e. The summed E-state index contributed by atoms with van der Waals surface area (Å²) < 4.78 is 23.3. The van der Waals surface area contributed by atoms with Crippen molar-refractivity contribution in [2.24, 2.45) is 0 Å². The number of likely N-dealkylation sites (N-methyl/N-ethyl adjacent to an activating group) is 1. The van der Waals surface area contributed by atoms with Crippen LogP contribution in [0.5, 0.6) is 0 Å². The average Bonchev–Trinajstić information content (AvgIpc) is 3.29. The summed E-state index contributed by atoms with van der Waals surface area (Å²) in [4.78, 5) is 25.4. The first-order valence-corrected chi connectivity index (χ1v) is 28.6. The maximum Gasteiger partial charge on any atom is 0.268 e. The van der Waals surface area contributed by atoms with Crippen molar-refractivity contribution in [3.63, 3.8) is 0 Å². The van der Waals surface area contributed by atoms with E-state index in [-0.39, 0.29) is 18.9 Å². The number of carbonyl (C=O) groups is 1. The van der Waals surface area contributed by atoms with Gasteiger partial charge in [-0.15, -0.1) is 0 Å². The summed E-state index contributed by atoms with van der Waals surface area (Å²) in [5.41, 5.74) is 0. The molecule has 3 atom stereocenters. The van der Waals surface area contributed by atoms with E-state index in [1.54, 1.807) is 6.08 Å². The SMILES string of the molecule is CC/C=C\C/C=C\C/C=C\C/C=C\C/C=C\C/C=C\CCCCC(=O)NC(COP(=O)([O-])OCC[N+](C)(C)C)C(O)/C=C/CC/C=C/CCCCCCCCCCCCCCCCCCCC. The first-order chi connectivity index (χ1) is 32.5. The maximum atomic E-state index is 12.9. The molecule has 0 aliphatic heterocycles. The van der Waals surface area contributed by atoms with E-state index in [0.717, 1.165) is 70.6 Å². The molecule has 0 rings (SSSR count). The molecule has 0 spiro atoms. The van der Waals surface area contributed by atoms with Crippen LogP contribution in [0.1, 0.15) is 213 Å². The Hall–Kier alpha value is -2.58. The van der Waals surface area contributed by atoms with Crippen LogP contribution in [0, 0.1) is 0 Å². The van der Waals surface area contributed by atoms with Crippen LogP contribution in [0.15, 0.2) is 97.2 Å². The topological polar surface area (TPSA) is 108 Å². The minimum atomic E-state index is -4.62. The van der Waals surface area contributed by atoms with Gasteiger partial charge in [0.2, 0.25) is 5.91 Å². The summed E-state index contributed by atoms with van der Waals surface area (Å²) in [6.07, 6.45) is 69.1. The summed E-state index contributed by atoms with van der Waals surface area (Å²) in [6, 6.07) is -0.934. The number of quaternary nitrogens is 1. The van der Waals surface area contributed by atoms with Crippen LogP contribution in [0.3, 0.4) is 0 Å². The zero-order chi connectivity index (χ0) is 49.2. The van der Waals surface area contributed by atoms with Gasteiger partial charge in [-0.1, -0.05) is 220 Å². The molecule has 8 nitrogen and oxygen atoms in total. The second-order valence-electron chi connectivity index (χ2n) is 19.2. The van der Waals surface area contributed by atoms with Crippen LogP contribution in [0.25, 0.3) is 0 Å². The second kappa shape index (κ2) is 48.4. The number of aliphatic hydroxyl groups excluding tert-OH is 1. The Morgan fingerprint density at radius 3 is 1.39 bits per heavy atom. The zero-order valence-electron chi connectivity index (χ0n) is 43.8. The molecule has 1 amide bonds. The molecule has 67 heavy (non-hydrogen) atoms. The smallest absolute Gasteiger partial charge is 0.268 e. The molecule has 0 bridgehead atoms. The van der Waals surface area contributed by atoms with Crippen molar-refractivity contribution < 1.29 is 32.9 Å². The Bertz CT molecular complexity index is 1410. The predicted octanol–water partition coefficient (Wildman–Crippen LogP) is 15.6. The lowest BCUT2D eigenvalue weighted by molar-refractivity contribution is -0.870. The zero-order valence-corrected chi connectivity index (χ0v) is 44.7. The van der Waals surface area contributed by atoms with Crippen LogP contribution in [-0.2, 0) is 18.4 Å². The molecule has 3 unspecified atom stereocenters. The number of unbranched alkanes of at least 4 members (excludes halogenated alkanes) is 21. The molecule has 0 heterocycles. The fourth-order valence-corrected chi connectivity index (χ4v) is 8.01. The number of aliphatic hydroxyl groups is 1. The third-order valence-electron chi connectivity index (χ3n) is 11.5. The monoisotopic (exact) mass is 955 g/mol. The summed E-state index contributed by atoms with van der Waals surface area (Å²) >= 11 is 0. The highest BCUT2D eigenvalue weighted by Crippen LogP contribution is 2.38. The standard InChI is InChI=1S/C58H103N2O6P/c1-6-8-10-12-14-16-18-20-22-24-26-28-29-30-32-33-35-37-39-41-43-45-47-49-51-57(61)56(55-66-67(63,64)65-54-53-60(3,4)5)59-58(62)52-50-48-46-44-42-40-38-36-34-31-27-25-23-21-19-17-15-13-11-9-7-2/h9,11,15,17,21,23,27,31,36,38,41-44,49,51,56-57,61H,6-8,10,12-14,16,18-20,22,24-26,28-30,32-35,37,39-40,45-48,50,52-55H2,1-5H3,(H-,59,62,63,64)/b11-9-,17-15-,23-21-,31-27-,38-36-,43-41+,44-42-,51-49+. The van der Waals surface area contributed by atoms with Crippen molar-refractivity contribution in [1.29, 1.82) is 0 Å². The van der Waals surface area contributed by atoms with E-state index < -0.39 is 26.6 Å². The molecular formula is C58H103N2O6P. The number of hydrogen-bond donors (Lipinski definition) is 2. The van der Waals surface area contributed by atoms with Crippen LogP contribution >= 0.6 is 7.82 Å². The van der Waals surface area contributed by atoms with E-state index in [2.05, 4.69) is 104 Å². The van der Waals surface area contributed by atoms with Crippen LogP contribution < -0.4 is 10.2 Å². The third-order valence-corrected chi connectivity index (χ3v) is 12.5. The van der Waals surface area contributed by atoms with Crippen LogP contribution in [-0.4, -0.2) is 68.5 Å². The lowest BCUT2D eigenvalue weighted by Gasteiger charge is -2.29. The lowest BCUT2D eigenvalue weighted by Crippen LogP contribution is -2.45. The quantitative estimate of drug-likeness (QED) is 0.0272. The van der Waals surface area contributed by atoms with Gasteiger partial charge in [0.25, 0.3) is 7.82 Å². The van der Waals surface area contributed by atoms with E-state index in [0.29, 0.717) is 17.4 Å². The predicted molar refractivity (Wildman–Crippen MR) is 288 cm³/mol. The molecule has 386 valence electrons. The highest BCUT2D eigenvalue weighted by molar-refractivity contribution is 7.45. The van der Waals surface area contributed by atoms with Crippen molar-refractivity contribution in [3.05, 3.63) is 97.2 Å². The first-order valence-electron chi connectivity index (χ1n) is 27.1. The fourth-order valence-electron chi connectivity index (χ4n) is 7.29. The highest BCUT2D eigenvalue weighted by Gasteiger charge is 2.23. The number of carbonyl (C=O) groups excluding carboxylic acids is 1. The fraction of sp³-hybridized carbons (Fsp3) is 0.707. The Kier molecular flexibility index (Phi) is 46.6. The Morgan fingerprint density at radius 1 is 0.537 bits per heavy atom. The van der Waals surface area contributed by atoms with Crippen molar-refractivity contribution >= 4 is 13.7 Å². The number of hydrogen-bond acceptors (Lipinski definition) is 6. The molecular weight excluding hydrogens is 852 g/mol. The number of phosphoric acid groups is 1. The summed E-state index contributed by atoms with van der Waals surface area (Å²) in [6.45, 7) is 4.48. The van der Waals surface area contributed by atoms with Gasteiger partial charge in [-0.25, -0.2) is 0 Å². The van der Waals surface area contributed by atoms with Crippen LogP contribution in [0.4, 0.5) is 0 Å². The second-order valence-corrected chi connectivity index (χ2v) is 20.6. The van der Waals surface area contributed by atoms with E-state index >= 15 is 0 Å². The number of amides is 1. The van der Waals surface area contributed by atoms with Crippen molar-refractivity contribution in [1.82, 2.24) is 5.32 Å². The number of nitrogens with zero attached hydrogens (tertiary/aromatic N) is 1. The lowest BCUT2D eigenvalue weighted by atomic mass is 10.0. The normalized spacial score (nSPS) is 14.8. The summed E-state index contributed by atoms with van der Waals surface area (Å²) in [5.74, 6) is -0.252. The van der Waals surface area contributed by atoms with Gasteiger partial charge in [0.1, 0.15) is 13.2 Å². The molecule has 0 aliphatic rings. The minimum Gasteiger partial charge on any atom is -0.756 e. The number of nitrogens with one attached hydrogen (secondary N) is 1. The molecule has 0 aromatic heterocycles. The van der Waals surface area contributed by atoms with Gasteiger partial charge in [0, 0.05) is 6.42 Å². The summed E-state index contributed by atoms with van der Waals surface area (Å²) in [5, 5.41) is 13.8. The molecule has 0 aromatic rings. The molecule has 0 saturated carbocycles. The first kappa shape index (κ1) is 64.4. The van der Waals surface area contributed by atoms with Gasteiger partial charge in [0.05, 0.1) is 39.9 Å². The third kappa shape index (κ3) is 51.1. The van der Waals surface area contributed by atoms with E-state index in [1.165, 1.54) is 116 Å².